The second-order valence-electron chi connectivity index (χ2n) is 2.50. The van der Waals surface area contributed by atoms with Gasteiger partial charge in [-0.1, -0.05) is 6.08 Å². The number of rotatable bonds is 1. The summed E-state index contributed by atoms with van der Waals surface area (Å²) >= 11 is 0. The van der Waals surface area contributed by atoms with Gasteiger partial charge >= 0.3 is 0 Å². The van der Waals surface area contributed by atoms with Crippen LogP contribution in [-0.2, 0) is 4.57 Å². The van der Waals surface area contributed by atoms with Crippen LogP contribution >= 0.6 is 7.29 Å². The summed E-state index contributed by atoms with van der Waals surface area (Å²) in [7, 11) is 1.75. The van der Waals surface area contributed by atoms with Gasteiger partial charge in [0.05, 0.1) is 0 Å². The summed E-state index contributed by atoms with van der Waals surface area (Å²) in [6.45, 7) is 0. The van der Waals surface area contributed by atoms with E-state index in [-0.39, 0.29) is 0 Å². The predicted octanol–water partition coefficient (Wildman–Crippen LogP) is 1.74. The Morgan fingerprint density at radius 2 is 2.22 bits per heavy atom. The van der Waals surface area contributed by atoms with E-state index in [4.69, 9.17) is 0 Å². The largest absolute Gasteiger partial charge is 0.302 e. The lowest BCUT2D eigenvalue weighted by Crippen LogP contribution is -2.06. The van der Waals surface area contributed by atoms with Gasteiger partial charge in [-0.05, 0) is 26.3 Å². The van der Waals surface area contributed by atoms with Gasteiger partial charge < -0.3 is 4.57 Å². The van der Waals surface area contributed by atoms with Crippen molar-refractivity contribution in [1.82, 2.24) is 4.67 Å². The molecule has 2 nitrogen and oxygen atoms in total. The van der Waals surface area contributed by atoms with Crippen LogP contribution in [0, 0.1) is 0 Å². The third kappa shape index (κ3) is 1.25. The van der Waals surface area contributed by atoms with Crippen molar-refractivity contribution in [2.45, 2.75) is 6.42 Å². The Morgan fingerprint density at radius 3 is 2.44 bits per heavy atom. The molecule has 0 saturated heterocycles. The lowest BCUT2D eigenvalue weighted by molar-refractivity contribution is 0.525. The van der Waals surface area contributed by atoms with E-state index in [1.807, 2.05) is 30.7 Å². The molecule has 0 aromatic heterocycles. The second kappa shape index (κ2) is 2.28. The third-order valence-corrected chi connectivity index (χ3v) is 4.56. The van der Waals surface area contributed by atoms with Crippen molar-refractivity contribution in [1.29, 1.82) is 0 Å². The molecule has 1 aliphatic heterocycles. The first-order valence-corrected chi connectivity index (χ1v) is 5.01. The van der Waals surface area contributed by atoms with Crippen LogP contribution in [0.15, 0.2) is 11.9 Å². The Bertz CT molecular complexity index is 174. The Kier molecular flexibility index (Phi) is 1.78. The van der Waals surface area contributed by atoms with Crippen molar-refractivity contribution >= 4 is 7.29 Å². The molecule has 9 heavy (non-hydrogen) atoms. The highest BCUT2D eigenvalue weighted by Crippen LogP contribution is 2.53. The quantitative estimate of drug-likeness (QED) is 0.524. The maximum absolute atomic E-state index is 11.6. The molecule has 3 heteroatoms. The van der Waals surface area contributed by atoms with Gasteiger partial charge in [-0.25, -0.2) is 0 Å². The fourth-order valence-electron chi connectivity index (χ4n) is 0.907. The lowest BCUT2D eigenvalue weighted by atomic mass is 10.5. The van der Waals surface area contributed by atoms with E-state index >= 15 is 0 Å². The van der Waals surface area contributed by atoms with Gasteiger partial charge in [0.25, 0.3) is 0 Å². The monoisotopic (exact) mass is 145 g/mol. The summed E-state index contributed by atoms with van der Waals surface area (Å²) in [4.78, 5) is 0. The molecule has 1 atom stereocenters. The highest BCUT2D eigenvalue weighted by atomic mass is 31.2. The first-order chi connectivity index (χ1) is 4.15. The van der Waals surface area contributed by atoms with Crippen LogP contribution in [0.1, 0.15) is 6.42 Å². The third-order valence-electron chi connectivity index (χ3n) is 1.63. The maximum Gasteiger partial charge on any atom is 0.171 e. The summed E-state index contributed by atoms with van der Waals surface area (Å²) < 4.78 is 13.4. The number of hydrogen-bond donors (Lipinski definition) is 0. The molecule has 0 bridgehead atoms. The minimum absolute atomic E-state index is 0.833. The molecule has 1 rings (SSSR count). The summed E-state index contributed by atoms with van der Waals surface area (Å²) in [5.74, 6) is 1.85. The average Bonchev–Trinajstić information content (AvgIpc) is 2.16. The molecule has 0 aliphatic carbocycles. The molecule has 0 spiro atoms. The van der Waals surface area contributed by atoms with E-state index in [1.165, 1.54) is 0 Å². The van der Waals surface area contributed by atoms with Crippen LogP contribution in [0.4, 0.5) is 0 Å². The molecular weight excluding hydrogens is 133 g/mol. The van der Waals surface area contributed by atoms with Crippen molar-refractivity contribution in [2.75, 3.05) is 20.3 Å². The highest BCUT2D eigenvalue weighted by molar-refractivity contribution is 7.64. The zero-order chi connectivity index (χ0) is 6.91. The zero-order valence-electron chi connectivity index (χ0n) is 5.87. The molecular formula is C6H12NOP. The van der Waals surface area contributed by atoms with Crippen LogP contribution in [0.5, 0.6) is 0 Å². The van der Waals surface area contributed by atoms with Gasteiger partial charge in [0, 0.05) is 6.16 Å². The molecule has 1 unspecified atom stereocenters. The Morgan fingerprint density at radius 1 is 1.56 bits per heavy atom. The van der Waals surface area contributed by atoms with Crippen LogP contribution < -0.4 is 0 Å². The number of nitrogens with zero attached hydrogens (tertiary/aromatic N) is 1. The van der Waals surface area contributed by atoms with Crippen molar-refractivity contribution in [2.24, 2.45) is 0 Å². The van der Waals surface area contributed by atoms with E-state index in [9.17, 15) is 4.57 Å². The maximum atomic E-state index is 11.6. The summed E-state index contributed by atoms with van der Waals surface area (Å²) in [6.07, 6.45) is 3.82. The van der Waals surface area contributed by atoms with E-state index in [0.717, 1.165) is 12.6 Å². The van der Waals surface area contributed by atoms with E-state index in [2.05, 4.69) is 0 Å². The summed E-state index contributed by atoms with van der Waals surface area (Å²) in [5.41, 5.74) is 0. The Hall–Kier alpha value is -0.0700. The van der Waals surface area contributed by atoms with Gasteiger partial charge in [0.15, 0.2) is 7.29 Å². The normalized spacial score (nSPS) is 34.1. The smallest absolute Gasteiger partial charge is 0.171 e. The fraction of sp³-hybridized carbons (Fsp3) is 0.667. The van der Waals surface area contributed by atoms with Gasteiger partial charge in [0.1, 0.15) is 0 Å². The van der Waals surface area contributed by atoms with Crippen molar-refractivity contribution in [3.63, 3.8) is 0 Å². The zero-order valence-corrected chi connectivity index (χ0v) is 6.77. The van der Waals surface area contributed by atoms with Crippen molar-refractivity contribution in [3.05, 3.63) is 11.9 Å². The summed E-state index contributed by atoms with van der Waals surface area (Å²) in [6, 6.07) is 0. The molecule has 52 valence electrons. The van der Waals surface area contributed by atoms with Crippen LogP contribution in [-0.4, -0.2) is 24.9 Å². The molecule has 0 saturated carbocycles. The molecule has 0 amide bonds. The van der Waals surface area contributed by atoms with Crippen molar-refractivity contribution in [3.8, 4) is 0 Å². The van der Waals surface area contributed by atoms with Crippen LogP contribution in [0.25, 0.3) is 0 Å². The topological polar surface area (TPSA) is 20.3 Å². The van der Waals surface area contributed by atoms with E-state index in [0.29, 0.717) is 0 Å². The molecule has 0 radical (unpaired) electrons. The van der Waals surface area contributed by atoms with E-state index in [1.54, 1.807) is 0 Å². The molecule has 0 N–H and O–H groups in total. The average molecular weight is 145 g/mol. The van der Waals surface area contributed by atoms with Crippen LogP contribution in [0.3, 0.4) is 0 Å². The minimum atomic E-state index is -1.99. The first-order valence-electron chi connectivity index (χ1n) is 3.09. The van der Waals surface area contributed by atoms with Gasteiger partial charge in [-0.15, -0.1) is 0 Å². The Labute approximate surface area is 56.0 Å². The van der Waals surface area contributed by atoms with Crippen LogP contribution in [0.2, 0.25) is 0 Å². The molecule has 1 aliphatic rings. The highest BCUT2D eigenvalue weighted by Gasteiger charge is 2.23. The number of allylic oxidation sites excluding steroid dienone is 1. The molecule has 0 aromatic rings. The van der Waals surface area contributed by atoms with Gasteiger partial charge in [-0.2, -0.15) is 0 Å². The minimum Gasteiger partial charge on any atom is -0.302 e. The molecule has 0 fully saturated rings. The first kappa shape index (κ1) is 7.04. The molecule has 0 aromatic carbocycles. The standard InChI is InChI=1S/C6H12NOP/c1-7(2)9(8)5-3-4-6-9/h3,5H,4,6H2,1-2H3. The molecule has 1 heterocycles. The predicted molar refractivity (Wildman–Crippen MR) is 39.9 cm³/mol. The lowest BCUT2D eigenvalue weighted by Gasteiger charge is -2.16. The fourth-order valence-corrected chi connectivity index (χ4v) is 2.72. The second-order valence-corrected chi connectivity index (χ2v) is 5.56. The van der Waals surface area contributed by atoms with Gasteiger partial charge in [0.2, 0.25) is 0 Å². The van der Waals surface area contributed by atoms with Crippen molar-refractivity contribution < 1.29 is 4.57 Å². The summed E-state index contributed by atoms with van der Waals surface area (Å²) in [5, 5.41) is 0. The van der Waals surface area contributed by atoms with Gasteiger partial charge in [-0.3, -0.25) is 4.67 Å². The van der Waals surface area contributed by atoms with E-state index < -0.39 is 7.29 Å². The Balaban J connectivity index is 2.75. The number of hydrogen-bond acceptors (Lipinski definition) is 1. The SMILES string of the molecule is CN(C)P1(=O)C=CCC1.